The molecular formula is C21H25F2N7O3S. The molecule has 3 aromatic rings. The molecule has 0 atom stereocenters. The van der Waals surface area contributed by atoms with E-state index in [0.29, 0.717) is 43.1 Å². The predicted molar refractivity (Wildman–Crippen MR) is 121 cm³/mol. The van der Waals surface area contributed by atoms with Crippen LogP contribution in [0, 0.1) is 0 Å². The van der Waals surface area contributed by atoms with Crippen molar-refractivity contribution in [3.05, 3.63) is 36.8 Å². The number of alkyl halides is 2. The number of β-amino-alcohol motifs (C(OH)–C–C–N with tert-alkyl or cyclic N) is 1. The van der Waals surface area contributed by atoms with Gasteiger partial charge in [-0.05, 0) is 18.9 Å². The molecule has 0 aliphatic carbocycles. The Hall–Kier alpha value is -2.90. The quantitative estimate of drug-likeness (QED) is 0.530. The fourth-order valence-corrected chi connectivity index (χ4v) is 5.85. The molecule has 2 N–H and O–H groups in total. The summed E-state index contributed by atoms with van der Waals surface area (Å²) in [6, 6.07) is 5.40. The fourth-order valence-electron chi connectivity index (χ4n) is 4.39. The zero-order valence-electron chi connectivity index (χ0n) is 18.5. The first kappa shape index (κ1) is 22.9. The Morgan fingerprint density at radius 3 is 2.59 bits per heavy atom. The molecule has 0 spiro atoms. The van der Waals surface area contributed by atoms with Crippen LogP contribution in [0.1, 0.15) is 12.8 Å². The van der Waals surface area contributed by atoms with Gasteiger partial charge >= 0.3 is 0 Å². The summed E-state index contributed by atoms with van der Waals surface area (Å²) in [6.07, 6.45) is 2.85. The number of aromatic nitrogens is 4. The number of hydrogen-bond acceptors (Lipinski definition) is 8. The van der Waals surface area contributed by atoms with Gasteiger partial charge in [-0.15, -0.1) is 0 Å². The number of fused-ring (bicyclic) bond motifs is 1. The number of nitrogens with zero attached hydrogens (tertiary/aromatic N) is 6. The molecule has 2 fully saturated rings. The molecule has 1 aromatic carbocycles. The molecule has 2 saturated heterocycles. The van der Waals surface area contributed by atoms with Crippen LogP contribution in [0.15, 0.2) is 41.7 Å². The third-order valence-corrected chi connectivity index (χ3v) is 8.22. The van der Waals surface area contributed by atoms with E-state index in [-0.39, 0.29) is 24.0 Å². The normalized spacial score (nSPS) is 19.5. The Balaban J connectivity index is 1.27. The van der Waals surface area contributed by atoms with E-state index in [2.05, 4.69) is 20.4 Å². The minimum atomic E-state index is -3.58. The summed E-state index contributed by atoms with van der Waals surface area (Å²) < 4.78 is 54.6. The first-order valence-electron chi connectivity index (χ1n) is 10.9. The third kappa shape index (κ3) is 4.07. The highest BCUT2D eigenvalue weighted by Gasteiger charge is 2.49. The van der Waals surface area contributed by atoms with E-state index in [0.717, 1.165) is 5.39 Å². The lowest BCUT2D eigenvalue weighted by Gasteiger charge is -2.47. The smallest absolute Gasteiger partial charge is 0.270 e. The minimum absolute atomic E-state index is 0.0158. The van der Waals surface area contributed by atoms with E-state index in [9.17, 15) is 22.3 Å². The molecule has 2 aliphatic rings. The Labute approximate surface area is 195 Å². The molecule has 0 radical (unpaired) electrons. The standard InChI is InChI=1S/C21H25F2N7O3S/c1-28-11-16(10-25-28)34(32,33)30-7-5-15(6-8-30)26-20-24-9-14-3-2-4-17(18(14)27-20)29-12-21(31,13-29)19(22)23/h2-4,9-11,15,19,31H,5-8,12-13H2,1H3,(H,24,26,27). The largest absolute Gasteiger partial charge is 0.380 e. The molecule has 0 amide bonds. The van der Waals surface area contributed by atoms with Crippen molar-refractivity contribution in [2.75, 3.05) is 36.4 Å². The monoisotopic (exact) mass is 493 g/mol. The van der Waals surface area contributed by atoms with Crippen LogP contribution in [0.2, 0.25) is 0 Å². The minimum Gasteiger partial charge on any atom is -0.380 e. The summed E-state index contributed by atoms with van der Waals surface area (Å²) in [5.41, 5.74) is -0.737. The summed E-state index contributed by atoms with van der Waals surface area (Å²) in [6.45, 7) is 0.377. The molecule has 2 aromatic heterocycles. The van der Waals surface area contributed by atoms with Gasteiger partial charge in [0.2, 0.25) is 16.0 Å². The summed E-state index contributed by atoms with van der Waals surface area (Å²) >= 11 is 0. The lowest BCUT2D eigenvalue weighted by atomic mass is 9.93. The third-order valence-electron chi connectivity index (χ3n) is 6.37. The van der Waals surface area contributed by atoms with Crippen molar-refractivity contribution in [1.29, 1.82) is 0 Å². The van der Waals surface area contributed by atoms with Crippen LogP contribution < -0.4 is 10.2 Å². The second-order valence-corrected chi connectivity index (χ2v) is 10.8. The van der Waals surface area contributed by atoms with Crippen molar-refractivity contribution in [3.8, 4) is 0 Å². The molecule has 0 saturated carbocycles. The van der Waals surface area contributed by atoms with E-state index < -0.39 is 22.0 Å². The number of sulfonamides is 1. The number of aryl methyl sites for hydroxylation is 1. The Morgan fingerprint density at radius 1 is 1.21 bits per heavy atom. The number of hydrogen-bond donors (Lipinski definition) is 2. The number of para-hydroxylation sites is 1. The Bertz CT molecular complexity index is 1300. The van der Waals surface area contributed by atoms with Crippen molar-refractivity contribution in [1.82, 2.24) is 24.1 Å². The predicted octanol–water partition coefficient (Wildman–Crippen LogP) is 1.44. The number of anilines is 2. The summed E-state index contributed by atoms with van der Waals surface area (Å²) in [5, 5.41) is 17.9. The molecule has 0 unspecified atom stereocenters. The highest BCUT2D eigenvalue weighted by Crippen LogP contribution is 2.35. The van der Waals surface area contributed by atoms with E-state index in [1.54, 1.807) is 30.3 Å². The molecule has 182 valence electrons. The SMILES string of the molecule is Cn1cc(S(=O)(=O)N2CCC(Nc3ncc4cccc(N5CC(O)(C(F)F)C5)c4n3)CC2)cn1. The van der Waals surface area contributed by atoms with Gasteiger partial charge in [-0.3, -0.25) is 4.68 Å². The summed E-state index contributed by atoms with van der Waals surface area (Å²) in [4.78, 5) is 10.8. The molecule has 10 nitrogen and oxygen atoms in total. The molecule has 2 aliphatic heterocycles. The lowest BCUT2D eigenvalue weighted by Crippen LogP contribution is -2.66. The van der Waals surface area contributed by atoms with Gasteiger partial charge in [0.25, 0.3) is 6.43 Å². The Morgan fingerprint density at radius 2 is 1.94 bits per heavy atom. The maximum absolute atomic E-state index is 13.0. The van der Waals surface area contributed by atoms with Crippen molar-refractivity contribution >= 4 is 32.6 Å². The average Bonchev–Trinajstić information content (AvgIpc) is 3.24. The van der Waals surface area contributed by atoms with Crippen LogP contribution in [-0.4, -0.2) is 81.8 Å². The molecule has 0 bridgehead atoms. The fraction of sp³-hybridized carbons (Fsp3) is 0.476. The van der Waals surface area contributed by atoms with Gasteiger partial charge in [0.15, 0.2) is 5.60 Å². The van der Waals surface area contributed by atoms with Crippen molar-refractivity contribution < 1.29 is 22.3 Å². The van der Waals surface area contributed by atoms with Crippen molar-refractivity contribution in [3.63, 3.8) is 0 Å². The second kappa shape index (κ2) is 8.40. The number of rotatable bonds is 6. The maximum atomic E-state index is 13.0. The summed E-state index contributed by atoms with van der Waals surface area (Å²) in [7, 11) is -1.91. The van der Waals surface area contributed by atoms with Crippen LogP contribution in [0.25, 0.3) is 10.9 Å². The molecule has 34 heavy (non-hydrogen) atoms. The van der Waals surface area contributed by atoms with Gasteiger partial charge in [0.1, 0.15) is 4.90 Å². The van der Waals surface area contributed by atoms with E-state index >= 15 is 0 Å². The first-order valence-corrected chi connectivity index (χ1v) is 12.4. The van der Waals surface area contributed by atoms with Gasteiger partial charge in [-0.2, -0.15) is 9.40 Å². The number of halogens is 2. The van der Waals surface area contributed by atoms with E-state index in [1.807, 2.05) is 6.07 Å². The van der Waals surface area contributed by atoms with Gasteiger partial charge in [0.05, 0.1) is 30.5 Å². The van der Waals surface area contributed by atoms with Crippen LogP contribution >= 0.6 is 0 Å². The zero-order valence-corrected chi connectivity index (χ0v) is 19.3. The van der Waals surface area contributed by atoms with Crippen LogP contribution in [-0.2, 0) is 17.1 Å². The lowest BCUT2D eigenvalue weighted by molar-refractivity contribution is -0.111. The molecule has 5 rings (SSSR count). The van der Waals surface area contributed by atoms with Gasteiger partial charge < -0.3 is 15.3 Å². The second-order valence-electron chi connectivity index (χ2n) is 8.84. The van der Waals surface area contributed by atoms with Gasteiger partial charge in [-0.25, -0.2) is 27.2 Å². The molecule has 4 heterocycles. The van der Waals surface area contributed by atoms with Crippen LogP contribution in [0.5, 0.6) is 0 Å². The van der Waals surface area contributed by atoms with E-state index in [1.165, 1.54) is 21.4 Å². The molecule has 13 heteroatoms. The maximum Gasteiger partial charge on any atom is 0.270 e. The zero-order chi connectivity index (χ0) is 24.1. The average molecular weight is 494 g/mol. The number of benzene rings is 1. The van der Waals surface area contributed by atoms with Crippen molar-refractivity contribution in [2.45, 2.75) is 35.8 Å². The van der Waals surface area contributed by atoms with E-state index in [4.69, 9.17) is 0 Å². The highest BCUT2D eigenvalue weighted by atomic mass is 32.2. The number of nitrogens with one attached hydrogen (secondary N) is 1. The number of piperidine rings is 1. The summed E-state index contributed by atoms with van der Waals surface area (Å²) in [5.74, 6) is 0.387. The highest BCUT2D eigenvalue weighted by molar-refractivity contribution is 7.89. The van der Waals surface area contributed by atoms with Gasteiger partial charge in [-0.1, -0.05) is 12.1 Å². The topological polar surface area (TPSA) is 116 Å². The van der Waals surface area contributed by atoms with Crippen LogP contribution in [0.4, 0.5) is 20.4 Å². The van der Waals surface area contributed by atoms with Gasteiger partial charge in [0, 0.05) is 44.0 Å². The number of aliphatic hydroxyl groups is 1. The first-order chi connectivity index (χ1) is 16.2. The van der Waals surface area contributed by atoms with Crippen molar-refractivity contribution in [2.24, 2.45) is 7.05 Å². The Kier molecular flexibility index (Phi) is 5.65. The van der Waals surface area contributed by atoms with Crippen LogP contribution in [0.3, 0.4) is 0 Å². The molecular weight excluding hydrogens is 468 g/mol.